The first-order valence-corrected chi connectivity index (χ1v) is 7.23. The molecule has 20 heavy (non-hydrogen) atoms. The first-order chi connectivity index (χ1) is 9.77. The molecule has 0 amide bonds. The van der Waals surface area contributed by atoms with E-state index in [0.717, 1.165) is 18.6 Å². The highest BCUT2D eigenvalue weighted by atomic mass is 19.1. The van der Waals surface area contributed by atoms with Crippen molar-refractivity contribution in [2.75, 3.05) is 13.2 Å². The van der Waals surface area contributed by atoms with Crippen molar-refractivity contribution < 1.29 is 14.2 Å². The van der Waals surface area contributed by atoms with E-state index in [-0.39, 0.29) is 12.4 Å². The molecular formula is C17H23FO2. The van der Waals surface area contributed by atoms with E-state index in [9.17, 15) is 4.39 Å². The summed E-state index contributed by atoms with van der Waals surface area (Å²) in [6.07, 6.45) is 5.08. The molecule has 1 rings (SSSR count). The molecule has 0 aliphatic carbocycles. The van der Waals surface area contributed by atoms with Crippen molar-refractivity contribution in [1.82, 2.24) is 0 Å². The van der Waals surface area contributed by atoms with Gasteiger partial charge in [-0.25, -0.2) is 4.39 Å². The molecule has 1 N–H and O–H groups in total. The number of unbranched alkanes of at least 4 members (excludes halogenated alkanes) is 3. The van der Waals surface area contributed by atoms with E-state index in [1.165, 1.54) is 31.4 Å². The standard InChI is InChI=1S/C17H23FO2/c1-2-3-4-7-12-20-14-16-9-10-17(18)13-15(16)8-5-6-11-19/h9-10,13,19H,2-4,6-7,11-12,14H2,1H3. The van der Waals surface area contributed by atoms with Crippen LogP contribution in [0, 0.1) is 17.7 Å². The first-order valence-electron chi connectivity index (χ1n) is 7.23. The van der Waals surface area contributed by atoms with Gasteiger partial charge < -0.3 is 9.84 Å². The molecule has 0 fully saturated rings. The van der Waals surface area contributed by atoms with Gasteiger partial charge in [0.15, 0.2) is 0 Å². The number of benzene rings is 1. The molecule has 0 bridgehead atoms. The quantitative estimate of drug-likeness (QED) is 0.581. The summed E-state index contributed by atoms with van der Waals surface area (Å²) in [6, 6.07) is 4.55. The third-order valence-corrected chi connectivity index (χ3v) is 2.93. The maximum Gasteiger partial charge on any atom is 0.124 e. The van der Waals surface area contributed by atoms with Crippen LogP contribution in [-0.4, -0.2) is 18.3 Å². The van der Waals surface area contributed by atoms with Crippen molar-refractivity contribution in [1.29, 1.82) is 0 Å². The van der Waals surface area contributed by atoms with E-state index in [2.05, 4.69) is 18.8 Å². The molecule has 0 aliphatic heterocycles. The molecule has 1 aromatic carbocycles. The summed E-state index contributed by atoms with van der Waals surface area (Å²) < 4.78 is 18.8. The van der Waals surface area contributed by atoms with E-state index in [1.807, 2.05) is 0 Å². The Bertz CT molecular complexity index is 446. The molecule has 0 radical (unpaired) electrons. The van der Waals surface area contributed by atoms with Crippen molar-refractivity contribution >= 4 is 0 Å². The van der Waals surface area contributed by atoms with Crippen molar-refractivity contribution in [3.63, 3.8) is 0 Å². The SMILES string of the molecule is CCCCCCOCc1ccc(F)cc1C#CCCO. The highest BCUT2D eigenvalue weighted by Gasteiger charge is 2.02. The summed E-state index contributed by atoms with van der Waals surface area (Å²) in [5, 5.41) is 8.71. The van der Waals surface area contributed by atoms with E-state index < -0.39 is 0 Å². The Morgan fingerprint density at radius 1 is 1.25 bits per heavy atom. The predicted molar refractivity (Wildman–Crippen MR) is 78.8 cm³/mol. The number of ether oxygens (including phenoxy) is 1. The highest BCUT2D eigenvalue weighted by molar-refractivity contribution is 5.41. The molecule has 0 aromatic heterocycles. The summed E-state index contributed by atoms with van der Waals surface area (Å²) in [7, 11) is 0. The Morgan fingerprint density at radius 2 is 2.10 bits per heavy atom. The van der Waals surface area contributed by atoms with Crippen molar-refractivity contribution in [3.05, 3.63) is 35.1 Å². The molecule has 0 unspecified atom stereocenters. The van der Waals surface area contributed by atoms with Gasteiger partial charge in [-0.3, -0.25) is 0 Å². The molecule has 3 heteroatoms. The minimum absolute atomic E-state index is 0.0194. The Hall–Kier alpha value is -1.37. The van der Waals surface area contributed by atoms with Crippen LogP contribution in [0.3, 0.4) is 0 Å². The maximum atomic E-state index is 13.2. The molecule has 0 spiro atoms. The summed E-state index contributed by atoms with van der Waals surface area (Å²) in [5.41, 5.74) is 1.54. The van der Waals surface area contributed by atoms with E-state index >= 15 is 0 Å². The van der Waals surface area contributed by atoms with Gasteiger partial charge in [0.25, 0.3) is 0 Å². The number of halogens is 1. The Kier molecular flexibility index (Phi) is 8.69. The topological polar surface area (TPSA) is 29.5 Å². The average molecular weight is 278 g/mol. The fourth-order valence-corrected chi connectivity index (χ4v) is 1.82. The average Bonchev–Trinajstić information content (AvgIpc) is 2.45. The fraction of sp³-hybridized carbons (Fsp3) is 0.529. The Labute approximate surface area is 121 Å². The zero-order valence-corrected chi connectivity index (χ0v) is 12.1. The number of aliphatic hydroxyl groups excluding tert-OH is 1. The van der Waals surface area contributed by atoms with Crippen LogP contribution in [0.4, 0.5) is 4.39 Å². The molecule has 0 aliphatic rings. The molecule has 110 valence electrons. The number of hydrogen-bond acceptors (Lipinski definition) is 2. The highest BCUT2D eigenvalue weighted by Crippen LogP contribution is 2.12. The second-order valence-corrected chi connectivity index (χ2v) is 4.69. The van der Waals surface area contributed by atoms with Gasteiger partial charge in [-0.1, -0.05) is 44.1 Å². The number of hydrogen-bond donors (Lipinski definition) is 1. The first kappa shape index (κ1) is 16.7. The van der Waals surface area contributed by atoms with Gasteiger partial charge in [0.1, 0.15) is 5.82 Å². The van der Waals surface area contributed by atoms with E-state index in [1.54, 1.807) is 6.07 Å². The third kappa shape index (κ3) is 6.70. The molecular weight excluding hydrogens is 255 g/mol. The lowest BCUT2D eigenvalue weighted by atomic mass is 10.1. The molecule has 0 heterocycles. The Balaban J connectivity index is 2.50. The van der Waals surface area contributed by atoms with Gasteiger partial charge in [-0.05, 0) is 24.1 Å². The summed E-state index contributed by atoms with van der Waals surface area (Å²) >= 11 is 0. The van der Waals surface area contributed by atoms with Crippen molar-refractivity contribution in [2.45, 2.75) is 45.6 Å². The van der Waals surface area contributed by atoms with Crippen LogP contribution in [-0.2, 0) is 11.3 Å². The van der Waals surface area contributed by atoms with Crippen LogP contribution < -0.4 is 0 Å². The Morgan fingerprint density at radius 3 is 2.85 bits per heavy atom. The second-order valence-electron chi connectivity index (χ2n) is 4.69. The minimum atomic E-state index is -0.301. The van der Waals surface area contributed by atoms with Crippen LogP contribution in [0.2, 0.25) is 0 Å². The predicted octanol–water partition coefficient (Wildman–Crippen LogP) is 3.66. The smallest absolute Gasteiger partial charge is 0.124 e. The zero-order chi connectivity index (χ0) is 14.6. The summed E-state index contributed by atoms with van der Waals surface area (Å²) in [5.74, 6) is 5.40. The largest absolute Gasteiger partial charge is 0.395 e. The molecule has 0 atom stereocenters. The lowest BCUT2D eigenvalue weighted by Crippen LogP contribution is -1.98. The normalized spacial score (nSPS) is 10.2. The zero-order valence-electron chi connectivity index (χ0n) is 12.1. The van der Waals surface area contributed by atoms with Gasteiger partial charge in [-0.15, -0.1) is 0 Å². The molecule has 2 nitrogen and oxygen atoms in total. The lowest BCUT2D eigenvalue weighted by molar-refractivity contribution is 0.116. The monoisotopic (exact) mass is 278 g/mol. The third-order valence-electron chi connectivity index (χ3n) is 2.93. The second kappa shape index (κ2) is 10.4. The van der Waals surface area contributed by atoms with Crippen LogP contribution in [0.25, 0.3) is 0 Å². The van der Waals surface area contributed by atoms with Gasteiger partial charge in [0, 0.05) is 18.6 Å². The van der Waals surface area contributed by atoms with Crippen molar-refractivity contribution in [2.24, 2.45) is 0 Å². The van der Waals surface area contributed by atoms with E-state index in [0.29, 0.717) is 18.6 Å². The summed E-state index contributed by atoms with van der Waals surface area (Å²) in [6.45, 7) is 3.37. The van der Waals surface area contributed by atoms with Gasteiger partial charge in [0.05, 0.1) is 13.2 Å². The molecule has 0 saturated carbocycles. The minimum Gasteiger partial charge on any atom is -0.395 e. The van der Waals surface area contributed by atoms with Crippen LogP contribution in [0.1, 0.15) is 50.2 Å². The van der Waals surface area contributed by atoms with Crippen LogP contribution >= 0.6 is 0 Å². The van der Waals surface area contributed by atoms with E-state index in [4.69, 9.17) is 9.84 Å². The van der Waals surface area contributed by atoms with Gasteiger partial charge in [-0.2, -0.15) is 0 Å². The van der Waals surface area contributed by atoms with Crippen LogP contribution in [0.5, 0.6) is 0 Å². The maximum absolute atomic E-state index is 13.2. The van der Waals surface area contributed by atoms with Crippen molar-refractivity contribution in [3.8, 4) is 11.8 Å². The van der Waals surface area contributed by atoms with Gasteiger partial charge >= 0.3 is 0 Å². The fourth-order valence-electron chi connectivity index (χ4n) is 1.82. The lowest BCUT2D eigenvalue weighted by Gasteiger charge is -2.07. The molecule has 0 saturated heterocycles. The summed E-state index contributed by atoms with van der Waals surface area (Å²) in [4.78, 5) is 0. The van der Waals surface area contributed by atoms with Crippen LogP contribution in [0.15, 0.2) is 18.2 Å². The number of aliphatic hydroxyl groups is 1. The van der Waals surface area contributed by atoms with Gasteiger partial charge in [0.2, 0.25) is 0 Å². The number of rotatable bonds is 8. The molecule has 1 aromatic rings.